The van der Waals surface area contributed by atoms with Crippen LogP contribution in [-0.4, -0.2) is 9.66 Å². The highest BCUT2D eigenvalue weighted by Gasteiger charge is 2.48. The Bertz CT molecular complexity index is 491. The number of aromatic nitrogens is 2. The van der Waals surface area contributed by atoms with Gasteiger partial charge in [0.1, 0.15) is 11.6 Å². The first-order chi connectivity index (χ1) is 9.65. The molecule has 0 aromatic carbocycles. The predicted molar refractivity (Wildman–Crippen MR) is 80.4 cm³/mol. The first-order valence-corrected chi connectivity index (χ1v) is 8.26. The van der Waals surface area contributed by atoms with E-state index in [0.717, 1.165) is 53.9 Å². The summed E-state index contributed by atoms with van der Waals surface area (Å²) in [6.45, 7) is 2.08. The summed E-state index contributed by atoms with van der Waals surface area (Å²) in [7, 11) is 0. The van der Waals surface area contributed by atoms with Crippen LogP contribution >= 0.6 is 0 Å². The molecule has 5 rings (SSSR count). The van der Waals surface area contributed by atoms with Crippen LogP contribution in [0.25, 0.3) is 0 Å². The van der Waals surface area contributed by atoms with Crippen LogP contribution in [0.5, 0.6) is 0 Å². The summed E-state index contributed by atoms with van der Waals surface area (Å²) in [4.78, 5) is 4.69. The van der Waals surface area contributed by atoms with Gasteiger partial charge in [0.05, 0.1) is 5.69 Å². The topological polar surface area (TPSA) is 69.9 Å². The van der Waals surface area contributed by atoms with Crippen LogP contribution in [0.4, 0.5) is 5.82 Å². The minimum atomic E-state index is 0.690. The molecule has 0 spiro atoms. The minimum Gasteiger partial charge on any atom is -0.382 e. The third-order valence-electron chi connectivity index (χ3n) is 6.26. The molecule has 0 radical (unpaired) electrons. The average Bonchev–Trinajstić information content (AvgIpc) is 2.69. The lowest BCUT2D eigenvalue weighted by molar-refractivity contribution is -0.0362. The molecule has 1 aromatic heterocycles. The van der Waals surface area contributed by atoms with Crippen molar-refractivity contribution in [2.45, 2.75) is 51.9 Å². The maximum atomic E-state index is 6.16. The molecule has 1 aromatic rings. The van der Waals surface area contributed by atoms with Crippen LogP contribution < -0.4 is 11.6 Å². The normalized spacial score (nSPS) is 38.5. The van der Waals surface area contributed by atoms with E-state index in [9.17, 15) is 0 Å². The zero-order chi connectivity index (χ0) is 13.9. The van der Waals surface area contributed by atoms with Gasteiger partial charge in [0.2, 0.25) is 0 Å². The summed E-state index contributed by atoms with van der Waals surface area (Å²) in [5, 5.41) is 0. The van der Waals surface area contributed by atoms with Gasteiger partial charge in [0.25, 0.3) is 0 Å². The second-order valence-electron chi connectivity index (χ2n) is 7.38. The number of nitrogens with zero attached hydrogens (tertiary/aromatic N) is 2. The number of hydrogen-bond donors (Lipinski definition) is 2. The number of anilines is 1. The van der Waals surface area contributed by atoms with Crippen molar-refractivity contribution >= 4 is 5.82 Å². The molecule has 4 aliphatic carbocycles. The van der Waals surface area contributed by atoms with Crippen LogP contribution in [0.1, 0.15) is 50.5 Å². The largest absolute Gasteiger partial charge is 0.382 e. The standard InChI is InChI=1S/C16H26N4/c1-2-15-19-14(16(17)20(15)18)8-13-11-4-9-3-10(6-11)7-12(13)5-9/h9-13H,2-8,17-18H2,1H3. The number of rotatable bonds is 3. The third kappa shape index (κ3) is 1.76. The van der Waals surface area contributed by atoms with Gasteiger partial charge in [-0.15, -0.1) is 0 Å². The molecule has 0 unspecified atom stereocenters. The second kappa shape index (κ2) is 4.40. The Morgan fingerprint density at radius 1 is 1.10 bits per heavy atom. The van der Waals surface area contributed by atoms with Gasteiger partial charge in [-0.1, -0.05) is 6.92 Å². The third-order valence-corrected chi connectivity index (χ3v) is 6.26. The Balaban J connectivity index is 1.57. The summed E-state index contributed by atoms with van der Waals surface area (Å²) >= 11 is 0. The summed E-state index contributed by atoms with van der Waals surface area (Å²) in [5.74, 6) is 12.3. The molecule has 4 aliphatic rings. The molecule has 110 valence electrons. The van der Waals surface area contributed by atoms with Gasteiger partial charge in [0, 0.05) is 6.42 Å². The lowest BCUT2D eigenvalue weighted by Gasteiger charge is -2.54. The molecule has 0 saturated heterocycles. The van der Waals surface area contributed by atoms with Gasteiger partial charge in [-0.2, -0.15) is 0 Å². The van der Waals surface area contributed by atoms with Crippen molar-refractivity contribution in [1.82, 2.24) is 9.66 Å². The average molecular weight is 274 g/mol. The predicted octanol–water partition coefficient (Wildman–Crippen LogP) is 2.36. The zero-order valence-corrected chi connectivity index (χ0v) is 12.4. The van der Waals surface area contributed by atoms with Crippen molar-refractivity contribution in [2.75, 3.05) is 11.6 Å². The first-order valence-electron chi connectivity index (χ1n) is 8.26. The molecular weight excluding hydrogens is 248 g/mol. The SMILES string of the molecule is CCc1nc(CC2C3CC4CC(C3)CC2C4)c(N)n1N. The van der Waals surface area contributed by atoms with E-state index in [0.29, 0.717) is 5.82 Å². The molecule has 0 amide bonds. The molecule has 1 heterocycles. The van der Waals surface area contributed by atoms with E-state index in [4.69, 9.17) is 16.6 Å². The maximum absolute atomic E-state index is 6.16. The summed E-state index contributed by atoms with van der Waals surface area (Å²) < 4.78 is 1.59. The van der Waals surface area contributed by atoms with E-state index >= 15 is 0 Å². The van der Waals surface area contributed by atoms with Gasteiger partial charge >= 0.3 is 0 Å². The highest BCUT2D eigenvalue weighted by molar-refractivity contribution is 5.39. The quantitative estimate of drug-likeness (QED) is 0.831. The number of nitrogen functional groups attached to an aromatic ring is 2. The van der Waals surface area contributed by atoms with Crippen molar-refractivity contribution in [2.24, 2.45) is 29.6 Å². The van der Waals surface area contributed by atoms with Crippen molar-refractivity contribution in [1.29, 1.82) is 0 Å². The fourth-order valence-corrected chi connectivity index (χ4v) is 5.54. The summed E-state index contributed by atoms with van der Waals surface area (Å²) in [6.07, 6.45) is 9.26. The summed E-state index contributed by atoms with van der Waals surface area (Å²) in [5.41, 5.74) is 7.22. The van der Waals surface area contributed by atoms with Crippen LogP contribution in [-0.2, 0) is 12.8 Å². The molecule has 4 bridgehead atoms. The lowest BCUT2D eigenvalue weighted by atomic mass is 9.51. The Labute approximate surface area is 120 Å². The molecular formula is C16H26N4. The molecule has 4 N–H and O–H groups in total. The van der Waals surface area contributed by atoms with Crippen LogP contribution in [0, 0.1) is 29.6 Å². The zero-order valence-electron chi connectivity index (χ0n) is 12.4. The van der Waals surface area contributed by atoms with Crippen molar-refractivity contribution in [3.8, 4) is 0 Å². The second-order valence-corrected chi connectivity index (χ2v) is 7.38. The van der Waals surface area contributed by atoms with Crippen molar-refractivity contribution in [3.05, 3.63) is 11.5 Å². The van der Waals surface area contributed by atoms with E-state index in [1.165, 1.54) is 32.1 Å². The Morgan fingerprint density at radius 3 is 2.20 bits per heavy atom. The Morgan fingerprint density at radius 2 is 1.70 bits per heavy atom. The molecule has 4 heteroatoms. The first kappa shape index (κ1) is 12.5. The van der Waals surface area contributed by atoms with Crippen LogP contribution in [0.3, 0.4) is 0 Å². The van der Waals surface area contributed by atoms with Gasteiger partial charge in [-0.25, -0.2) is 9.66 Å². The molecule has 4 nitrogen and oxygen atoms in total. The van der Waals surface area contributed by atoms with Gasteiger partial charge < -0.3 is 11.6 Å². The fourth-order valence-electron chi connectivity index (χ4n) is 5.54. The summed E-state index contributed by atoms with van der Waals surface area (Å²) in [6, 6.07) is 0. The van der Waals surface area contributed by atoms with Crippen molar-refractivity contribution < 1.29 is 0 Å². The molecule has 0 atom stereocenters. The highest BCUT2D eigenvalue weighted by Crippen LogP contribution is 2.57. The number of nitrogens with two attached hydrogens (primary N) is 2. The Hall–Kier alpha value is -1.19. The molecule has 0 aliphatic heterocycles. The maximum Gasteiger partial charge on any atom is 0.145 e. The van der Waals surface area contributed by atoms with E-state index < -0.39 is 0 Å². The van der Waals surface area contributed by atoms with Crippen LogP contribution in [0.15, 0.2) is 0 Å². The molecule has 20 heavy (non-hydrogen) atoms. The highest BCUT2D eigenvalue weighted by atomic mass is 15.4. The Kier molecular flexibility index (Phi) is 2.76. The lowest BCUT2D eigenvalue weighted by Crippen LogP contribution is -2.45. The van der Waals surface area contributed by atoms with Crippen LogP contribution in [0.2, 0.25) is 0 Å². The van der Waals surface area contributed by atoms with Gasteiger partial charge in [-0.05, 0) is 68.1 Å². The monoisotopic (exact) mass is 274 g/mol. The fraction of sp³-hybridized carbons (Fsp3) is 0.812. The number of aryl methyl sites for hydroxylation is 1. The van der Waals surface area contributed by atoms with Gasteiger partial charge in [0.15, 0.2) is 0 Å². The van der Waals surface area contributed by atoms with E-state index in [1.807, 2.05) is 0 Å². The molecule has 4 saturated carbocycles. The van der Waals surface area contributed by atoms with E-state index in [1.54, 1.807) is 4.68 Å². The van der Waals surface area contributed by atoms with Gasteiger partial charge in [-0.3, -0.25) is 0 Å². The van der Waals surface area contributed by atoms with E-state index in [2.05, 4.69) is 6.92 Å². The minimum absolute atomic E-state index is 0.690. The smallest absolute Gasteiger partial charge is 0.145 e. The number of imidazole rings is 1. The van der Waals surface area contributed by atoms with Crippen molar-refractivity contribution in [3.63, 3.8) is 0 Å². The number of hydrogen-bond acceptors (Lipinski definition) is 3. The van der Waals surface area contributed by atoms with E-state index in [-0.39, 0.29) is 0 Å². The molecule has 4 fully saturated rings.